The molecule has 1 saturated heterocycles. The molecule has 1 aliphatic heterocycles. The molecule has 2 rings (SSSR count). The molecule has 82 valence electrons. The minimum Gasteiger partial charge on any atom is -0.379 e. The Labute approximate surface area is 86.6 Å². The molecule has 1 atom stereocenters. The number of rotatable bonds is 2. The molecule has 2 heterocycles. The first kappa shape index (κ1) is 9.91. The number of nitrogens with two attached hydrogens (primary N) is 1. The number of aromatic nitrogens is 3. The number of aromatic amines is 1. The molecule has 7 heteroatoms. The zero-order valence-corrected chi connectivity index (χ0v) is 8.43. The van der Waals surface area contributed by atoms with Gasteiger partial charge in [0.1, 0.15) is 0 Å². The zero-order valence-electron chi connectivity index (χ0n) is 8.43. The molecule has 1 amide bonds. The van der Waals surface area contributed by atoms with Gasteiger partial charge in [0.05, 0.1) is 12.6 Å². The van der Waals surface area contributed by atoms with Crippen molar-refractivity contribution in [1.29, 1.82) is 0 Å². The molecule has 0 radical (unpaired) electrons. The third-order valence-electron chi connectivity index (χ3n) is 2.48. The van der Waals surface area contributed by atoms with Crippen molar-refractivity contribution in [3.8, 4) is 0 Å². The van der Waals surface area contributed by atoms with Crippen molar-refractivity contribution >= 4 is 11.9 Å². The SMILES string of the molecule is CN(C(=O)c1nc(N)n[nH]1)C1CCOC1. The normalized spacial score (nSPS) is 20.5. The van der Waals surface area contributed by atoms with E-state index in [4.69, 9.17) is 10.5 Å². The van der Waals surface area contributed by atoms with E-state index < -0.39 is 0 Å². The highest BCUT2D eigenvalue weighted by molar-refractivity contribution is 5.90. The molecule has 7 nitrogen and oxygen atoms in total. The molecule has 15 heavy (non-hydrogen) atoms. The molecule has 0 saturated carbocycles. The minimum absolute atomic E-state index is 0.0782. The number of amides is 1. The summed E-state index contributed by atoms with van der Waals surface area (Å²) >= 11 is 0. The van der Waals surface area contributed by atoms with Crippen LogP contribution < -0.4 is 5.73 Å². The van der Waals surface area contributed by atoms with Crippen LogP contribution in [0.15, 0.2) is 0 Å². The Morgan fingerprint density at radius 1 is 1.73 bits per heavy atom. The van der Waals surface area contributed by atoms with Crippen LogP contribution in [-0.4, -0.2) is 52.3 Å². The van der Waals surface area contributed by atoms with Crippen molar-refractivity contribution in [1.82, 2.24) is 20.1 Å². The summed E-state index contributed by atoms with van der Waals surface area (Å²) in [6.45, 7) is 1.27. The number of hydrogen-bond donors (Lipinski definition) is 2. The van der Waals surface area contributed by atoms with Crippen molar-refractivity contribution in [2.75, 3.05) is 26.0 Å². The second-order valence-corrected chi connectivity index (χ2v) is 3.48. The third-order valence-corrected chi connectivity index (χ3v) is 2.48. The molecular formula is C8H13N5O2. The molecule has 0 bridgehead atoms. The van der Waals surface area contributed by atoms with Crippen molar-refractivity contribution in [2.45, 2.75) is 12.5 Å². The van der Waals surface area contributed by atoms with E-state index >= 15 is 0 Å². The van der Waals surface area contributed by atoms with Gasteiger partial charge in [0, 0.05) is 13.7 Å². The summed E-state index contributed by atoms with van der Waals surface area (Å²) in [7, 11) is 1.72. The fourth-order valence-electron chi connectivity index (χ4n) is 1.53. The zero-order chi connectivity index (χ0) is 10.8. The van der Waals surface area contributed by atoms with Crippen LogP contribution in [-0.2, 0) is 4.74 Å². The molecular weight excluding hydrogens is 198 g/mol. The summed E-state index contributed by atoms with van der Waals surface area (Å²) in [4.78, 5) is 17.2. The lowest BCUT2D eigenvalue weighted by Gasteiger charge is -2.21. The number of H-pyrrole nitrogens is 1. The van der Waals surface area contributed by atoms with Crippen LogP contribution in [0.1, 0.15) is 17.0 Å². The molecule has 1 fully saturated rings. The Balaban J connectivity index is 2.06. The topological polar surface area (TPSA) is 97.1 Å². The predicted molar refractivity (Wildman–Crippen MR) is 52.1 cm³/mol. The highest BCUT2D eigenvalue weighted by atomic mass is 16.5. The fourth-order valence-corrected chi connectivity index (χ4v) is 1.53. The second kappa shape index (κ2) is 3.85. The van der Waals surface area contributed by atoms with Gasteiger partial charge >= 0.3 is 0 Å². The van der Waals surface area contributed by atoms with Gasteiger partial charge in [-0.3, -0.25) is 9.89 Å². The number of anilines is 1. The Morgan fingerprint density at radius 3 is 3.07 bits per heavy atom. The highest BCUT2D eigenvalue weighted by Gasteiger charge is 2.26. The number of carbonyl (C=O) groups is 1. The van der Waals surface area contributed by atoms with Gasteiger partial charge in [-0.2, -0.15) is 4.98 Å². The first-order valence-electron chi connectivity index (χ1n) is 4.71. The summed E-state index contributed by atoms with van der Waals surface area (Å²) in [5.41, 5.74) is 5.32. The van der Waals surface area contributed by atoms with E-state index in [1.165, 1.54) is 0 Å². The van der Waals surface area contributed by atoms with Gasteiger partial charge in [0.2, 0.25) is 11.8 Å². The van der Waals surface area contributed by atoms with Gasteiger partial charge in [0.25, 0.3) is 5.91 Å². The maximum atomic E-state index is 11.8. The van der Waals surface area contributed by atoms with Crippen molar-refractivity contribution in [2.24, 2.45) is 0 Å². The van der Waals surface area contributed by atoms with Crippen LogP contribution in [0.3, 0.4) is 0 Å². The monoisotopic (exact) mass is 211 g/mol. The number of likely N-dealkylation sites (N-methyl/N-ethyl adjacent to an activating group) is 1. The first-order valence-corrected chi connectivity index (χ1v) is 4.71. The summed E-state index contributed by atoms with van der Waals surface area (Å²) < 4.78 is 5.20. The van der Waals surface area contributed by atoms with Gasteiger partial charge in [-0.1, -0.05) is 0 Å². The van der Waals surface area contributed by atoms with Gasteiger partial charge in [-0.15, -0.1) is 5.10 Å². The maximum Gasteiger partial charge on any atom is 0.291 e. The average molecular weight is 211 g/mol. The van der Waals surface area contributed by atoms with Crippen molar-refractivity contribution in [3.63, 3.8) is 0 Å². The Kier molecular flexibility index (Phi) is 2.55. The summed E-state index contributed by atoms with van der Waals surface area (Å²) in [6, 6.07) is 0.115. The quantitative estimate of drug-likeness (QED) is 0.670. The van der Waals surface area contributed by atoms with E-state index in [2.05, 4.69) is 15.2 Å². The molecule has 3 N–H and O–H groups in total. The maximum absolute atomic E-state index is 11.8. The van der Waals surface area contributed by atoms with E-state index in [1.807, 2.05) is 0 Å². The molecule has 1 aliphatic rings. The predicted octanol–water partition coefficient (Wildman–Crippen LogP) is -0.752. The van der Waals surface area contributed by atoms with E-state index in [0.717, 1.165) is 6.42 Å². The number of nitrogens with one attached hydrogen (secondary N) is 1. The van der Waals surface area contributed by atoms with E-state index in [-0.39, 0.29) is 23.7 Å². The lowest BCUT2D eigenvalue weighted by molar-refractivity contribution is 0.0699. The summed E-state index contributed by atoms with van der Waals surface area (Å²) in [5.74, 6) is 0.0334. The number of ether oxygens (including phenoxy) is 1. The molecule has 0 aliphatic carbocycles. The third kappa shape index (κ3) is 1.91. The first-order chi connectivity index (χ1) is 7.18. The average Bonchev–Trinajstić information content (AvgIpc) is 2.85. The number of carbonyl (C=O) groups excluding carboxylic acids is 1. The number of hydrogen-bond acceptors (Lipinski definition) is 5. The minimum atomic E-state index is -0.213. The highest BCUT2D eigenvalue weighted by Crippen LogP contribution is 2.12. The molecule has 0 spiro atoms. The summed E-state index contributed by atoms with van der Waals surface area (Å²) in [5, 5.41) is 6.10. The Hall–Kier alpha value is -1.63. The molecule has 1 aromatic rings. The molecule has 1 unspecified atom stereocenters. The standard InChI is InChI=1S/C8H13N5O2/c1-13(5-2-3-15-4-5)7(14)6-10-8(9)12-11-6/h5H,2-4H2,1H3,(H3,9,10,11,12). The van der Waals surface area contributed by atoms with Crippen LogP contribution in [0, 0.1) is 0 Å². The second-order valence-electron chi connectivity index (χ2n) is 3.48. The van der Waals surface area contributed by atoms with Crippen molar-refractivity contribution in [3.05, 3.63) is 5.82 Å². The van der Waals surface area contributed by atoms with Crippen LogP contribution in [0.5, 0.6) is 0 Å². The number of nitrogen functional groups attached to an aromatic ring is 1. The van der Waals surface area contributed by atoms with Crippen molar-refractivity contribution < 1.29 is 9.53 Å². The van der Waals surface area contributed by atoms with E-state index in [0.29, 0.717) is 13.2 Å². The van der Waals surface area contributed by atoms with Crippen LogP contribution in [0.2, 0.25) is 0 Å². The van der Waals surface area contributed by atoms with Gasteiger partial charge in [-0.05, 0) is 6.42 Å². The van der Waals surface area contributed by atoms with E-state index in [9.17, 15) is 4.79 Å². The molecule has 0 aromatic carbocycles. The van der Waals surface area contributed by atoms with Gasteiger partial charge in [-0.25, -0.2) is 0 Å². The Morgan fingerprint density at radius 2 is 2.53 bits per heavy atom. The lowest BCUT2D eigenvalue weighted by Crippen LogP contribution is -2.37. The van der Waals surface area contributed by atoms with Gasteiger partial charge in [0.15, 0.2) is 0 Å². The largest absolute Gasteiger partial charge is 0.379 e. The van der Waals surface area contributed by atoms with Crippen LogP contribution in [0.4, 0.5) is 5.95 Å². The Bertz CT molecular complexity index is 358. The van der Waals surface area contributed by atoms with Gasteiger partial charge < -0.3 is 15.4 Å². The smallest absolute Gasteiger partial charge is 0.291 e. The number of nitrogens with zero attached hydrogens (tertiary/aromatic N) is 3. The summed E-state index contributed by atoms with van der Waals surface area (Å²) in [6.07, 6.45) is 0.853. The lowest BCUT2D eigenvalue weighted by atomic mass is 10.2. The van der Waals surface area contributed by atoms with E-state index in [1.54, 1.807) is 11.9 Å². The fraction of sp³-hybridized carbons (Fsp3) is 0.625. The van der Waals surface area contributed by atoms with Crippen LogP contribution in [0.25, 0.3) is 0 Å². The molecule has 1 aromatic heterocycles. The van der Waals surface area contributed by atoms with Crippen LogP contribution >= 0.6 is 0 Å².